The van der Waals surface area contributed by atoms with Crippen LogP contribution >= 0.6 is 0 Å². The second-order valence-corrected chi connectivity index (χ2v) is 7.03. The highest BCUT2D eigenvalue weighted by molar-refractivity contribution is 5.92. The Hall–Kier alpha value is -2.50. The maximum atomic E-state index is 12.6. The number of carbonyl (C=O) groups is 1. The number of nitrogens with zero attached hydrogens (tertiary/aromatic N) is 4. The summed E-state index contributed by atoms with van der Waals surface area (Å²) in [5.74, 6) is 0.499. The Morgan fingerprint density at radius 1 is 1.19 bits per heavy atom. The van der Waals surface area contributed by atoms with Gasteiger partial charge in [0, 0.05) is 37.7 Å². The summed E-state index contributed by atoms with van der Waals surface area (Å²) in [5, 5.41) is 3.13. The van der Waals surface area contributed by atoms with Crippen molar-refractivity contribution >= 4 is 11.9 Å². The van der Waals surface area contributed by atoms with Crippen molar-refractivity contribution in [3.05, 3.63) is 47.5 Å². The van der Waals surface area contributed by atoms with E-state index in [1.54, 1.807) is 18.5 Å². The van der Waals surface area contributed by atoms with Gasteiger partial charge in [-0.1, -0.05) is 19.3 Å². The van der Waals surface area contributed by atoms with Crippen molar-refractivity contribution in [2.24, 2.45) is 0 Å². The highest BCUT2D eigenvalue weighted by atomic mass is 16.1. The minimum atomic E-state index is -0.0915. The summed E-state index contributed by atoms with van der Waals surface area (Å²) in [7, 11) is 1.96. The van der Waals surface area contributed by atoms with Crippen molar-refractivity contribution in [3.63, 3.8) is 0 Å². The number of aromatic nitrogens is 3. The van der Waals surface area contributed by atoms with Gasteiger partial charge >= 0.3 is 0 Å². The molecule has 1 amide bonds. The zero-order valence-corrected chi connectivity index (χ0v) is 15.6. The van der Waals surface area contributed by atoms with Gasteiger partial charge < -0.3 is 10.2 Å². The van der Waals surface area contributed by atoms with Crippen molar-refractivity contribution in [1.29, 1.82) is 0 Å². The molecule has 1 aliphatic carbocycles. The zero-order chi connectivity index (χ0) is 18.4. The zero-order valence-electron chi connectivity index (χ0n) is 15.6. The molecule has 6 nitrogen and oxygen atoms in total. The van der Waals surface area contributed by atoms with Crippen LogP contribution < -0.4 is 10.2 Å². The van der Waals surface area contributed by atoms with E-state index in [9.17, 15) is 4.79 Å². The van der Waals surface area contributed by atoms with E-state index in [2.05, 4.69) is 20.3 Å². The molecule has 0 spiro atoms. The van der Waals surface area contributed by atoms with E-state index in [0.717, 1.165) is 31.5 Å². The minimum absolute atomic E-state index is 0.0915. The first-order chi connectivity index (χ1) is 12.6. The van der Waals surface area contributed by atoms with Crippen LogP contribution in [0.2, 0.25) is 0 Å². The lowest BCUT2D eigenvalue weighted by Crippen LogP contribution is -2.37. The van der Waals surface area contributed by atoms with Gasteiger partial charge in [0.05, 0.1) is 0 Å². The number of hydrogen-bond acceptors (Lipinski definition) is 5. The SMILES string of the molecule is Cc1cc(C(=O)NC2CCCCC2)nc(N(C)CCc2ccncc2)n1. The molecule has 0 saturated heterocycles. The van der Waals surface area contributed by atoms with Crippen LogP contribution in [0.25, 0.3) is 0 Å². The molecule has 0 bridgehead atoms. The predicted molar refractivity (Wildman–Crippen MR) is 102 cm³/mol. The molecule has 138 valence electrons. The summed E-state index contributed by atoms with van der Waals surface area (Å²) in [6.45, 7) is 2.68. The molecule has 2 aromatic heterocycles. The minimum Gasteiger partial charge on any atom is -0.348 e. The number of carbonyl (C=O) groups excluding carboxylic acids is 1. The Labute approximate surface area is 155 Å². The molecule has 0 unspecified atom stereocenters. The van der Waals surface area contributed by atoms with Gasteiger partial charge in [-0.15, -0.1) is 0 Å². The van der Waals surface area contributed by atoms with Gasteiger partial charge in [-0.05, 0) is 49.9 Å². The number of aryl methyl sites for hydroxylation is 1. The number of likely N-dealkylation sites (N-methyl/N-ethyl adjacent to an activating group) is 1. The van der Waals surface area contributed by atoms with E-state index < -0.39 is 0 Å². The smallest absolute Gasteiger partial charge is 0.270 e. The van der Waals surface area contributed by atoms with Gasteiger partial charge in [-0.25, -0.2) is 9.97 Å². The molecule has 1 N–H and O–H groups in total. The summed E-state index contributed by atoms with van der Waals surface area (Å²) in [5.41, 5.74) is 2.48. The fourth-order valence-corrected chi connectivity index (χ4v) is 3.29. The van der Waals surface area contributed by atoms with Crippen molar-refractivity contribution in [2.75, 3.05) is 18.5 Å². The fraction of sp³-hybridized carbons (Fsp3) is 0.500. The number of anilines is 1. The number of pyridine rings is 1. The number of rotatable bonds is 6. The van der Waals surface area contributed by atoms with E-state index in [4.69, 9.17) is 0 Å². The van der Waals surface area contributed by atoms with Gasteiger partial charge in [0.2, 0.25) is 5.95 Å². The van der Waals surface area contributed by atoms with Crippen LogP contribution in [0.5, 0.6) is 0 Å². The van der Waals surface area contributed by atoms with E-state index in [1.807, 2.05) is 31.0 Å². The van der Waals surface area contributed by atoms with Gasteiger partial charge in [-0.2, -0.15) is 0 Å². The maximum absolute atomic E-state index is 12.6. The quantitative estimate of drug-likeness (QED) is 0.864. The Kier molecular flexibility index (Phi) is 6.15. The van der Waals surface area contributed by atoms with Gasteiger partial charge in [0.15, 0.2) is 0 Å². The first-order valence-corrected chi connectivity index (χ1v) is 9.38. The Morgan fingerprint density at radius 3 is 2.65 bits per heavy atom. The summed E-state index contributed by atoms with van der Waals surface area (Å²) < 4.78 is 0. The molecule has 1 aliphatic rings. The first kappa shape index (κ1) is 18.3. The molecular formula is C20H27N5O. The Bertz CT molecular complexity index is 728. The lowest BCUT2D eigenvalue weighted by Gasteiger charge is -2.23. The highest BCUT2D eigenvalue weighted by Crippen LogP contribution is 2.18. The lowest BCUT2D eigenvalue weighted by molar-refractivity contribution is 0.0922. The molecule has 2 aromatic rings. The number of nitrogens with one attached hydrogen (secondary N) is 1. The molecule has 1 fully saturated rings. The summed E-state index contributed by atoms with van der Waals surface area (Å²) in [6.07, 6.45) is 10.3. The third-order valence-corrected chi connectivity index (χ3v) is 4.84. The number of hydrogen-bond donors (Lipinski definition) is 1. The summed E-state index contributed by atoms with van der Waals surface area (Å²) in [6, 6.07) is 6.06. The van der Waals surface area contributed by atoms with Crippen LogP contribution in [0.15, 0.2) is 30.6 Å². The normalized spacial score (nSPS) is 14.8. The van der Waals surface area contributed by atoms with Crippen LogP contribution in [0.4, 0.5) is 5.95 Å². The average molecular weight is 353 g/mol. The summed E-state index contributed by atoms with van der Waals surface area (Å²) in [4.78, 5) is 27.6. The topological polar surface area (TPSA) is 71.0 Å². The monoisotopic (exact) mass is 353 g/mol. The Morgan fingerprint density at radius 2 is 1.92 bits per heavy atom. The van der Waals surface area contributed by atoms with Crippen LogP contribution in [0.3, 0.4) is 0 Å². The van der Waals surface area contributed by atoms with Crippen LogP contribution in [0.1, 0.15) is 53.8 Å². The van der Waals surface area contributed by atoms with E-state index in [1.165, 1.54) is 24.8 Å². The summed E-state index contributed by atoms with van der Waals surface area (Å²) >= 11 is 0. The first-order valence-electron chi connectivity index (χ1n) is 9.38. The third kappa shape index (κ3) is 5.00. The van der Waals surface area contributed by atoms with Crippen LogP contribution in [-0.2, 0) is 6.42 Å². The van der Waals surface area contributed by atoms with Crippen molar-refractivity contribution < 1.29 is 4.79 Å². The standard InChI is InChI=1S/C20H27N5O/c1-15-14-18(19(26)23-17-6-4-3-5-7-17)24-20(22-15)25(2)13-10-16-8-11-21-12-9-16/h8-9,11-12,14,17H,3-7,10,13H2,1-2H3,(H,23,26). The molecule has 3 rings (SSSR count). The molecule has 0 radical (unpaired) electrons. The van der Waals surface area contributed by atoms with Gasteiger partial charge in [0.25, 0.3) is 5.91 Å². The van der Waals surface area contributed by atoms with E-state index in [-0.39, 0.29) is 11.9 Å². The second-order valence-electron chi connectivity index (χ2n) is 7.03. The maximum Gasteiger partial charge on any atom is 0.270 e. The lowest BCUT2D eigenvalue weighted by atomic mass is 9.95. The second kappa shape index (κ2) is 8.74. The molecule has 0 atom stereocenters. The van der Waals surface area contributed by atoms with Crippen molar-refractivity contribution in [3.8, 4) is 0 Å². The molecular weight excluding hydrogens is 326 g/mol. The van der Waals surface area contributed by atoms with E-state index in [0.29, 0.717) is 11.6 Å². The van der Waals surface area contributed by atoms with Crippen LogP contribution in [-0.4, -0.2) is 40.5 Å². The molecule has 1 saturated carbocycles. The highest BCUT2D eigenvalue weighted by Gasteiger charge is 2.19. The fourth-order valence-electron chi connectivity index (χ4n) is 3.29. The molecule has 2 heterocycles. The average Bonchev–Trinajstić information content (AvgIpc) is 2.67. The number of amides is 1. The Balaban J connectivity index is 1.65. The molecule has 0 aliphatic heterocycles. The third-order valence-electron chi connectivity index (χ3n) is 4.84. The van der Waals surface area contributed by atoms with Crippen molar-refractivity contribution in [2.45, 2.75) is 51.5 Å². The molecule has 6 heteroatoms. The van der Waals surface area contributed by atoms with Crippen LogP contribution in [0, 0.1) is 6.92 Å². The largest absolute Gasteiger partial charge is 0.348 e. The van der Waals surface area contributed by atoms with Crippen molar-refractivity contribution in [1.82, 2.24) is 20.3 Å². The van der Waals surface area contributed by atoms with Gasteiger partial charge in [-0.3, -0.25) is 9.78 Å². The molecule has 26 heavy (non-hydrogen) atoms. The van der Waals surface area contributed by atoms with E-state index >= 15 is 0 Å². The predicted octanol–water partition coefficient (Wildman–Crippen LogP) is 2.92. The van der Waals surface area contributed by atoms with Gasteiger partial charge in [0.1, 0.15) is 5.69 Å². The molecule has 0 aromatic carbocycles.